The predicted octanol–water partition coefficient (Wildman–Crippen LogP) is 5.39. The molecule has 0 fully saturated rings. The summed E-state index contributed by atoms with van der Waals surface area (Å²) in [4.78, 5) is 0. The molecular formula is C22H18N2. The van der Waals surface area contributed by atoms with Gasteiger partial charge in [0, 0.05) is 0 Å². The van der Waals surface area contributed by atoms with Gasteiger partial charge in [-0.05, 0) is 35.4 Å². The molecule has 2 nitrogen and oxygen atoms in total. The quantitative estimate of drug-likeness (QED) is 0.505. The van der Waals surface area contributed by atoms with Crippen LogP contribution in [0.2, 0.25) is 0 Å². The zero-order chi connectivity index (χ0) is 16.4. The van der Waals surface area contributed by atoms with Crippen molar-refractivity contribution in [3.8, 4) is 28.2 Å². The third-order valence-corrected chi connectivity index (χ3v) is 4.20. The average molecular weight is 310 g/mol. The Kier molecular flexibility index (Phi) is 3.64. The monoisotopic (exact) mass is 310 g/mol. The molecule has 0 radical (unpaired) electrons. The van der Waals surface area contributed by atoms with E-state index in [0.29, 0.717) is 0 Å². The number of hydrogen-bond donors (Lipinski definition) is 1. The van der Waals surface area contributed by atoms with Crippen molar-refractivity contribution in [1.82, 2.24) is 4.57 Å². The SMILES string of the molecule is Nc1ccccc1-n1c(-c2ccccc2)ccc1-c1ccccc1. The zero-order valence-corrected chi connectivity index (χ0v) is 13.3. The maximum absolute atomic E-state index is 6.28. The summed E-state index contributed by atoms with van der Waals surface area (Å²) in [7, 11) is 0. The van der Waals surface area contributed by atoms with E-state index in [1.165, 1.54) is 11.1 Å². The standard InChI is InChI=1S/C22H18N2/c23-19-13-7-8-14-22(19)24-20(17-9-3-1-4-10-17)15-16-21(24)18-11-5-2-6-12-18/h1-16H,23H2. The van der Waals surface area contributed by atoms with Crippen molar-refractivity contribution < 1.29 is 0 Å². The molecule has 0 aliphatic rings. The molecule has 2 N–H and O–H groups in total. The van der Waals surface area contributed by atoms with E-state index in [1.54, 1.807) is 0 Å². The molecule has 116 valence electrons. The molecule has 0 atom stereocenters. The molecule has 0 spiro atoms. The summed E-state index contributed by atoms with van der Waals surface area (Å²) in [6, 6.07) is 33.1. The second kappa shape index (κ2) is 6.09. The molecule has 0 aliphatic carbocycles. The number of benzene rings is 3. The predicted molar refractivity (Wildman–Crippen MR) is 101 cm³/mol. The number of nitrogens with two attached hydrogens (primary N) is 1. The van der Waals surface area contributed by atoms with Crippen molar-refractivity contribution in [2.75, 3.05) is 5.73 Å². The number of anilines is 1. The summed E-state index contributed by atoms with van der Waals surface area (Å²) >= 11 is 0. The van der Waals surface area contributed by atoms with Crippen molar-refractivity contribution in [2.45, 2.75) is 0 Å². The fourth-order valence-electron chi connectivity index (χ4n) is 3.06. The number of nitrogen functional groups attached to an aromatic ring is 1. The average Bonchev–Trinajstić information content (AvgIpc) is 3.08. The van der Waals surface area contributed by atoms with Crippen LogP contribution in [0.15, 0.2) is 97.1 Å². The number of rotatable bonds is 3. The molecule has 4 rings (SSSR count). The number of hydrogen-bond acceptors (Lipinski definition) is 1. The van der Waals surface area contributed by atoms with Gasteiger partial charge in [-0.3, -0.25) is 0 Å². The Balaban J connectivity index is 2.00. The highest BCUT2D eigenvalue weighted by atomic mass is 15.0. The highest BCUT2D eigenvalue weighted by Gasteiger charge is 2.14. The molecule has 1 heterocycles. The summed E-state index contributed by atoms with van der Waals surface area (Å²) in [5.74, 6) is 0. The number of para-hydroxylation sites is 2. The minimum absolute atomic E-state index is 0.767. The molecule has 1 aromatic heterocycles. The second-order valence-electron chi connectivity index (χ2n) is 5.73. The highest BCUT2D eigenvalue weighted by molar-refractivity contribution is 5.76. The van der Waals surface area contributed by atoms with Crippen LogP contribution in [0, 0.1) is 0 Å². The van der Waals surface area contributed by atoms with Gasteiger partial charge in [0.1, 0.15) is 0 Å². The molecule has 0 aliphatic heterocycles. The summed E-state index contributed by atoms with van der Waals surface area (Å²) in [5, 5.41) is 0. The molecule has 0 saturated heterocycles. The van der Waals surface area contributed by atoms with Crippen LogP contribution in [0.4, 0.5) is 5.69 Å². The van der Waals surface area contributed by atoms with Crippen molar-refractivity contribution in [3.63, 3.8) is 0 Å². The molecule has 0 saturated carbocycles. The van der Waals surface area contributed by atoms with Crippen LogP contribution in [-0.2, 0) is 0 Å². The van der Waals surface area contributed by atoms with E-state index in [9.17, 15) is 0 Å². The Hall–Kier alpha value is -3.26. The Bertz CT molecular complexity index is 897. The first-order chi connectivity index (χ1) is 11.8. The van der Waals surface area contributed by atoms with E-state index in [0.717, 1.165) is 22.8 Å². The molecule has 0 bridgehead atoms. The second-order valence-corrected chi connectivity index (χ2v) is 5.73. The molecule has 2 heteroatoms. The van der Waals surface area contributed by atoms with E-state index >= 15 is 0 Å². The van der Waals surface area contributed by atoms with Crippen LogP contribution < -0.4 is 5.73 Å². The topological polar surface area (TPSA) is 30.9 Å². The van der Waals surface area contributed by atoms with E-state index in [-0.39, 0.29) is 0 Å². The van der Waals surface area contributed by atoms with Crippen LogP contribution in [0.1, 0.15) is 0 Å². The van der Waals surface area contributed by atoms with Gasteiger partial charge in [0.2, 0.25) is 0 Å². The molecular weight excluding hydrogens is 292 g/mol. The van der Waals surface area contributed by atoms with E-state index < -0.39 is 0 Å². The fraction of sp³-hybridized carbons (Fsp3) is 0. The summed E-state index contributed by atoms with van der Waals surface area (Å²) in [5.41, 5.74) is 12.7. The van der Waals surface area contributed by atoms with Crippen molar-refractivity contribution >= 4 is 5.69 Å². The van der Waals surface area contributed by atoms with Crippen LogP contribution >= 0.6 is 0 Å². The van der Waals surface area contributed by atoms with Crippen molar-refractivity contribution in [3.05, 3.63) is 97.1 Å². The van der Waals surface area contributed by atoms with Crippen LogP contribution in [0.25, 0.3) is 28.2 Å². The molecule has 3 aromatic carbocycles. The van der Waals surface area contributed by atoms with E-state index in [1.807, 2.05) is 30.3 Å². The van der Waals surface area contributed by atoms with Gasteiger partial charge in [0.25, 0.3) is 0 Å². The minimum Gasteiger partial charge on any atom is -0.397 e. The van der Waals surface area contributed by atoms with Gasteiger partial charge in [-0.2, -0.15) is 0 Å². The normalized spacial score (nSPS) is 10.7. The highest BCUT2D eigenvalue weighted by Crippen LogP contribution is 2.34. The Morgan fingerprint density at radius 1 is 0.500 bits per heavy atom. The minimum atomic E-state index is 0.767. The first kappa shape index (κ1) is 14.3. The number of aromatic nitrogens is 1. The van der Waals surface area contributed by atoms with Gasteiger partial charge in [0.05, 0.1) is 22.8 Å². The van der Waals surface area contributed by atoms with Gasteiger partial charge >= 0.3 is 0 Å². The number of nitrogens with zero attached hydrogens (tertiary/aromatic N) is 1. The molecule has 0 unspecified atom stereocenters. The van der Waals surface area contributed by atoms with Crippen LogP contribution in [0.3, 0.4) is 0 Å². The maximum atomic E-state index is 6.28. The molecule has 4 aromatic rings. The van der Waals surface area contributed by atoms with Crippen molar-refractivity contribution in [1.29, 1.82) is 0 Å². The van der Waals surface area contributed by atoms with Gasteiger partial charge < -0.3 is 10.3 Å². The Morgan fingerprint density at radius 3 is 1.46 bits per heavy atom. The van der Waals surface area contributed by atoms with Crippen LogP contribution in [0.5, 0.6) is 0 Å². The summed E-state index contributed by atoms with van der Waals surface area (Å²) in [6.07, 6.45) is 0. The Morgan fingerprint density at radius 2 is 0.958 bits per heavy atom. The van der Waals surface area contributed by atoms with Crippen molar-refractivity contribution in [2.24, 2.45) is 0 Å². The zero-order valence-electron chi connectivity index (χ0n) is 13.3. The maximum Gasteiger partial charge on any atom is 0.0691 e. The summed E-state index contributed by atoms with van der Waals surface area (Å²) < 4.78 is 2.24. The lowest BCUT2D eigenvalue weighted by molar-refractivity contribution is 1.10. The van der Waals surface area contributed by atoms with Gasteiger partial charge in [-0.1, -0.05) is 72.8 Å². The van der Waals surface area contributed by atoms with E-state index in [4.69, 9.17) is 5.73 Å². The first-order valence-corrected chi connectivity index (χ1v) is 8.02. The lowest BCUT2D eigenvalue weighted by Gasteiger charge is -2.16. The Labute approximate surface area is 141 Å². The van der Waals surface area contributed by atoms with Gasteiger partial charge in [-0.15, -0.1) is 0 Å². The largest absolute Gasteiger partial charge is 0.397 e. The third-order valence-electron chi connectivity index (χ3n) is 4.20. The van der Waals surface area contributed by atoms with Crippen LogP contribution in [-0.4, -0.2) is 4.57 Å². The lowest BCUT2D eigenvalue weighted by atomic mass is 10.1. The van der Waals surface area contributed by atoms with Gasteiger partial charge in [0.15, 0.2) is 0 Å². The fourth-order valence-corrected chi connectivity index (χ4v) is 3.06. The summed E-state index contributed by atoms with van der Waals surface area (Å²) in [6.45, 7) is 0. The first-order valence-electron chi connectivity index (χ1n) is 8.02. The lowest BCUT2D eigenvalue weighted by Crippen LogP contribution is -2.03. The van der Waals surface area contributed by atoms with Gasteiger partial charge in [-0.25, -0.2) is 0 Å². The smallest absolute Gasteiger partial charge is 0.0691 e. The molecule has 24 heavy (non-hydrogen) atoms. The third kappa shape index (κ3) is 2.48. The van der Waals surface area contributed by atoms with E-state index in [2.05, 4.69) is 71.3 Å². The molecule has 0 amide bonds.